The number of hydrogen-bond donors (Lipinski definition) is 2. The molecule has 108 valence electrons. The second-order valence-corrected chi connectivity index (χ2v) is 6.01. The van der Waals surface area contributed by atoms with Crippen molar-refractivity contribution in [1.82, 2.24) is 15.5 Å². The number of nitrogens with zero attached hydrogens (tertiary/aromatic N) is 2. The first-order chi connectivity index (χ1) is 8.98. The van der Waals surface area contributed by atoms with Crippen LogP contribution in [0.3, 0.4) is 0 Å². The molecule has 0 atom stereocenters. The van der Waals surface area contributed by atoms with Crippen molar-refractivity contribution in [2.24, 2.45) is 5.41 Å². The number of hydrogen-bond acceptors (Lipinski definition) is 6. The first-order valence-corrected chi connectivity index (χ1v) is 7.14. The molecule has 0 aliphatic carbocycles. The van der Waals surface area contributed by atoms with Gasteiger partial charge in [-0.25, -0.2) is 0 Å². The third-order valence-corrected chi connectivity index (χ3v) is 3.54. The maximum absolute atomic E-state index is 11.9. The highest BCUT2D eigenvalue weighted by atomic mass is 32.1. The van der Waals surface area contributed by atoms with Gasteiger partial charge in [0.1, 0.15) is 0 Å². The fourth-order valence-electron chi connectivity index (χ4n) is 1.40. The third kappa shape index (κ3) is 5.52. The van der Waals surface area contributed by atoms with E-state index >= 15 is 0 Å². The monoisotopic (exact) mass is 286 g/mol. The van der Waals surface area contributed by atoms with E-state index in [0.29, 0.717) is 23.3 Å². The highest BCUT2D eigenvalue weighted by Gasteiger charge is 2.20. The van der Waals surface area contributed by atoms with Crippen LogP contribution < -0.4 is 10.6 Å². The summed E-state index contributed by atoms with van der Waals surface area (Å²) < 4.78 is 5.06. The van der Waals surface area contributed by atoms with Gasteiger partial charge in [0.25, 0.3) is 5.91 Å². The highest BCUT2D eigenvalue weighted by Crippen LogP contribution is 2.19. The summed E-state index contributed by atoms with van der Waals surface area (Å²) in [5.41, 5.74) is 0.000850. The Hall–Kier alpha value is -1.21. The van der Waals surface area contributed by atoms with Crippen molar-refractivity contribution in [2.75, 3.05) is 32.1 Å². The zero-order valence-corrected chi connectivity index (χ0v) is 12.8. The maximum Gasteiger partial charge on any atom is 0.282 e. The van der Waals surface area contributed by atoms with Gasteiger partial charge in [0.15, 0.2) is 0 Å². The van der Waals surface area contributed by atoms with E-state index in [1.54, 1.807) is 7.11 Å². The molecule has 0 fully saturated rings. The number of anilines is 1. The lowest BCUT2D eigenvalue weighted by atomic mass is 9.90. The smallest absolute Gasteiger partial charge is 0.282 e. The van der Waals surface area contributed by atoms with Crippen molar-refractivity contribution in [3.8, 4) is 0 Å². The fourth-order valence-corrected chi connectivity index (χ4v) is 2.13. The molecule has 0 aliphatic rings. The molecule has 1 aromatic heterocycles. The predicted molar refractivity (Wildman–Crippen MR) is 76.7 cm³/mol. The molecule has 0 unspecified atom stereocenters. The average Bonchev–Trinajstić information content (AvgIpc) is 2.83. The Morgan fingerprint density at radius 2 is 2.16 bits per heavy atom. The largest absolute Gasteiger partial charge is 0.385 e. The Labute approximate surface area is 118 Å². The van der Waals surface area contributed by atoms with Crippen LogP contribution >= 0.6 is 11.3 Å². The molecule has 0 saturated carbocycles. The summed E-state index contributed by atoms with van der Waals surface area (Å²) in [4.78, 5) is 11.9. The zero-order chi connectivity index (χ0) is 14.3. The van der Waals surface area contributed by atoms with E-state index in [4.69, 9.17) is 4.74 Å². The normalized spacial score (nSPS) is 11.4. The first-order valence-electron chi connectivity index (χ1n) is 6.33. The Balaban J connectivity index is 2.45. The molecule has 7 heteroatoms. The number of rotatable bonds is 8. The van der Waals surface area contributed by atoms with Gasteiger partial charge >= 0.3 is 0 Å². The Morgan fingerprint density at radius 3 is 2.79 bits per heavy atom. The van der Waals surface area contributed by atoms with Crippen LogP contribution in [-0.4, -0.2) is 42.9 Å². The molecule has 0 aromatic carbocycles. The molecule has 0 spiro atoms. The fraction of sp³-hybridized carbons (Fsp3) is 0.750. The standard InChI is InChI=1S/C12H22N4O2S/c1-5-13-11-16-15-10(19-11)9(17)14-8-12(2,3)6-7-18-4/h5-8H2,1-4H3,(H,13,16)(H,14,17). The van der Waals surface area contributed by atoms with Crippen LogP contribution in [0.2, 0.25) is 0 Å². The van der Waals surface area contributed by atoms with Crippen LogP contribution in [0.4, 0.5) is 5.13 Å². The summed E-state index contributed by atoms with van der Waals surface area (Å²) in [6.45, 7) is 8.20. The van der Waals surface area contributed by atoms with Gasteiger partial charge in [0, 0.05) is 26.8 Å². The molecule has 0 bridgehead atoms. The van der Waals surface area contributed by atoms with Crippen LogP contribution in [-0.2, 0) is 4.74 Å². The van der Waals surface area contributed by atoms with Gasteiger partial charge in [0.2, 0.25) is 10.1 Å². The van der Waals surface area contributed by atoms with E-state index in [-0.39, 0.29) is 11.3 Å². The molecule has 2 N–H and O–H groups in total. The molecular formula is C12H22N4O2S. The van der Waals surface area contributed by atoms with E-state index in [2.05, 4.69) is 34.7 Å². The van der Waals surface area contributed by atoms with Gasteiger partial charge in [-0.3, -0.25) is 4.79 Å². The number of aromatic nitrogens is 2. The molecule has 1 aromatic rings. The number of carbonyl (C=O) groups is 1. The number of nitrogens with one attached hydrogen (secondary N) is 2. The average molecular weight is 286 g/mol. The van der Waals surface area contributed by atoms with Gasteiger partial charge in [-0.05, 0) is 18.8 Å². The molecule has 1 rings (SSSR count). The molecule has 19 heavy (non-hydrogen) atoms. The number of methoxy groups -OCH3 is 1. The molecule has 0 aliphatic heterocycles. The van der Waals surface area contributed by atoms with E-state index in [1.165, 1.54) is 11.3 Å². The van der Waals surface area contributed by atoms with Gasteiger partial charge in [-0.15, -0.1) is 10.2 Å². The lowest BCUT2D eigenvalue weighted by molar-refractivity contribution is 0.0920. The SMILES string of the molecule is CCNc1nnc(C(=O)NCC(C)(C)CCOC)s1. The van der Waals surface area contributed by atoms with Crippen molar-refractivity contribution in [3.05, 3.63) is 5.01 Å². The van der Waals surface area contributed by atoms with Gasteiger partial charge < -0.3 is 15.4 Å². The summed E-state index contributed by atoms with van der Waals surface area (Å²) in [7, 11) is 1.68. The molecule has 0 saturated heterocycles. The predicted octanol–water partition coefficient (Wildman–Crippen LogP) is 1.76. The lowest BCUT2D eigenvalue weighted by Gasteiger charge is -2.24. The van der Waals surface area contributed by atoms with Crippen LogP contribution in [0.15, 0.2) is 0 Å². The van der Waals surface area contributed by atoms with Crippen LogP contribution in [0.1, 0.15) is 37.0 Å². The Bertz CT molecular complexity index is 406. The molecule has 6 nitrogen and oxygen atoms in total. The lowest BCUT2D eigenvalue weighted by Crippen LogP contribution is -2.34. The molecule has 0 radical (unpaired) electrons. The Morgan fingerprint density at radius 1 is 1.42 bits per heavy atom. The minimum Gasteiger partial charge on any atom is -0.385 e. The van der Waals surface area contributed by atoms with Crippen LogP contribution in [0, 0.1) is 5.41 Å². The summed E-state index contributed by atoms with van der Waals surface area (Å²) in [5, 5.41) is 14.7. The topological polar surface area (TPSA) is 76.1 Å². The second kappa shape index (κ2) is 7.40. The first kappa shape index (κ1) is 15.8. The molecule has 1 amide bonds. The molecular weight excluding hydrogens is 264 g/mol. The van der Waals surface area contributed by atoms with Gasteiger partial charge in [-0.1, -0.05) is 25.2 Å². The summed E-state index contributed by atoms with van der Waals surface area (Å²) >= 11 is 1.26. The van der Waals surface area contributed by atoms with Crippen molar-refractivity contribution in [3.63, 3.8) is 0 Å². The zero-order valence-electron chi connectivity index (χ0n) is 11.9. The molecule has 1 heterocycles. The van der Waals surface area contributed by atoms with Crippen molar-refractivity contribution in [2.45, 2.75) is 27.2 Å². The summed E-state index contributed by atoms with van der Waals surface area (Å²) in [5.74, 6) is -0.174. The third-order valence-electron chi connectivity index (χ3n) is 2.66. The second-order valence-electron chi connectivity index (χ2n) is 5.03. The van der Waals surface area contributed by atoms with Crippen molar-refractivity contribution < 1.29 is 9.53 Å². The van der Waals surface area contributed by atoms with Crippen molar-refractivity contribution >= 4 is 22.4 Å². The minimum absolute atomic E-state index is 0.000850. The maximum atomic E-state index is 11.9. The van der Waals surface area contributed by atoms with E-state index in [0.717, 1.165) is 13.0 Å². The quantitative estimate of drug-likeness (QED) is 0.761. The van der Waals surface area contributed by atoms with E-state index < -0.39 is 0 Å². The van der Waals surface area contributed by atoms with Gasteiger partial charge in [0.05, 0.1) is 0 Å². The van der Waals surface area contributed by atoms with E-state index in [1.807, 2.05) is 6.92 Å². The van der Waals surface area contributed by atoms with E-state index in [9.17, 15) is 4.79 Å². The number of carbonyl (C=O) groups excluding carboxylic acids is 1. The number of ether oxygens (including phenoxy) is 1. The number of amides is 1. The van der Waals surface area contributed by atoms with Gasteiger partial charge in [-0.2, -0.15) is 0 Å². The minimum atomic E-state index is -0.174. The van der Waals surface area contributed by atoms with Crippen LogP contribution in [0.5, 0.6) is 0 Å². The summed E-state index contributed by atoms with van der Waals surface area (Å²) in [6.07, 6.45) is 0.891. The Kier molecular flexibility index (Phi) is 6.17. The highest BCUT2D eigenvalue weighted by molar-refractivity contribution is 7.17. The van der Waals surface area contributed by atoms with Crippen LogP contribution in [0.25, 0.3) is 0 Å². The van der Waals surface area contributed by atoms with Crippen molar-refractivity contribution in [1.29, 1.82) is 0 Å². The summed E-state index contributed by atoms with van der Waals surface area (Å²) in [6, 6.07) is 0.